The van der Waals surface area contributed by atoms with Crippen molar-refractivity contribution in [1.82, 2.24) is 10.2 Å². The van der Waals surface area contributed by atoms with Crippen LogP contribution in [-0.4, -0.2) is 50.5 Å². The minimum Gasteiger partial charge on any atom is -0.354 e. The monoisotopic (exact) mass is 553 g/mol. The lowest BCUT2D eigenvalue weighted by molar-refractivity contribution is -0.140. The topological polar surface area (TPSA) is 86.8 Å². The molecule has 0 aliphatic carbocycles. The molecule has 9 heteroatoms. The van der Waals surface area contributed by atoms with Crippen molar-refractivity contribution in [1.29, 1.82) is 0 Å². The zero-order valence-corrected chi connectivity index (χ0v) is 23.5. The highest BCUT2D eigenvalue weighted by Crippen LogP contribution is 2.23. The Morgan fingerprint density at radius 1 is 0.949 bits per heavy atom. The zero-order chi connectivity index (χ0) is 28.4. The van der Waals surface area contributed by atoms with E-state index in [9.17, 15) is 22.4 Å². The van der Waals surface area contributed by atoms with E-state index in [-0.39, 0.29) is 24.6 Å². The van der Waals surface area contributed by atoms with E-state index in [1.54, 1.807) is 0 Å². The number of rotatable bonds is 13. The largest absolute Gasteiger partial charge is 0.354 e. The molecule has 2 amide bonds. The van der Waals surface area contributed by atoms with E-state index < -0.39 is 34.3 Å². The summed E-state index contributed by atoms with van der Waals surface area (Å²) < 4.78 is 40.9. The standard InChI is InChI=1S/C30H36FN3O4S/c1-4-5-18-32-30(36)28(20-24-13-7-6-8-14-24)33(21-25-15-11-12-23(2)19-25)29(35)22-34(39(3,37)38)27-17-10-9-16-26(27)31/h6-17,19,28H,4-5,18,20-22H2,1-3H3,(H,32,36)/t28-/m1/s1. The molecule has 0 unspecified atom stereocenters. The number of amides is 2. The van der Waals surface area contributed by atoms with Gasteiger partial charge < -0.3 is 10.2 Å². The number of halogens is 1. The molecule has 0 saturated carbocycles. The molecule has 208 valence electrons. The molecule has 0 saturated heterocycles. The van der Waals surface area contributed by atoms with Gasteiger partial charge in [0.15, 0.2) is 0 Å². The molecule has 0 heterocycles. The second-order valence-corrected chi connectivity index (χ2v) is 11.5. The minimum absolute atomic E-state index is 0.0775. The Bertz CT molecular complexity index is 1370. The van der Waals surface area contributed by atoms with Crippen LogP contribution in [0.25, 0.3) is 0 Å². The number of benzene rings is 3. The van der Waals surface area contributed by atoms with Crippen LogP contribution in [0.5, 0.6) is 0 Å². The van der Waals surface area contributed by atoms with Crippen LogP contribution < -0.4 is 9.62 Å². The number of aryl methyl sites for hydroxylation is 1. The summed E-state index contributed by atoms with van der Waals surface area (Å²) in [6.45, 7) is 3.83. The molecular weight excluding hydrogens is 517 g/mol. The lowest BCUT2D eigenvalue weighted by atomic mass is 10.0. The van der Waals surface area contributed by atoms with Gasteiger partial charge in [0, 0.05) is 19.5 Å². The third kappa shape index (κ3) is 8.64. The fourth-order valence-corrected chi connectivity index (χ4v) is 5.17. The van der Waals surface area contributed by atoms with Crippen LogP contribution in [0.3, 0.4) is 0 Å². The van der Waals surface area contributed by atoms with Crippen molar-refractivity contribution in [3.63, 3.8) is 0 Å². The number of nitrogens with one attached hydrogen (secondary N) is 1. The summed E-state index contributed by atoms with van der Waals surface area (Å²) in [5.74, 6) is -1.71. The number of nitrogens with zero attached hydrogens (tertiary/aromatic N) is 2. The van der Waals surface area contributed by atoms with E-state index in [0.717, 1.165) is 46.2 Å². The first kappa shape index (κ1) is 29.8. The van der Waals surface area contributed by atoms with Crippen LogP contribution in [0, 0.1) is 12.7 Å². The maximum absolute atomic E-state index is 14.7. The second-order valence-electron chi connectivity index (χ2n) is 9.58. The zero-order valence-electron chi connectivity index (χ0n) is 22.6. The lowest BCUT2D eigenvalue weighted by Gasteiger charge is -2.33. The average Bonchev–Trinajstić information content (AvgIpc) is 2.90. The molecule has 3 aromatic rings. The summed E-state index contributed by atoms with van der Waals surface area (Å²) in [5, 5.41) is 2.94. The van der Waals surface area contributed by atoms with Crippen molar-refractivity contribution in [2.45, 2.75) is 45.7 Å². The Balaban J connectivity index is 2.04. The van der Waals surface area contributed by atoms with Crippen LogP contribution in [0.15, 0.2) is 78.9 Å². The SMILES string of the molecule is CCCCNC(=O)[C@@H](Cc1ccccc1)N(Cc1cccc(C)c1)C(=O)CN(c1ccccc1F)S(C)(=O)=O. The number of hydrogen-bond donors (Lipinski definition) is 1. The number of unbranched alkanes of at least 4 members (excludes halogenated alkanes) is 1. The summed E-state index contributed by atoms with van der Waals surface area (Å²) in [6, 6.07) is 21.4. The van der Waals surface area contributed by atoms with Gasteiger partial charge in [0.1, 0.15) is 18.4 Å². The fourth-order valence-electron chi connectivity index (χ4n) is 4.32. The molecule has 1 N–H and O–H groups in total. The van der Waals surface area contributed by atoms with Crippen molar-refractivity contribution in [3.05, 3.63) is 101 Å². The summed E-state index contributed by atoms with van der Waals surface area (Å²) in [7, 11) is -4.03. The number of anilines is 1. The van der Waals surface area contributed by atoms with E-state index in [2.05, 4.69) is 5.32 Å². The van der Waals surface area contributed by atoms with E-state index in [4.69, 9.17) is 0 Å². The van der Waals surface area contributed by atoms with Crippen LogP contribution in [0.2, 0.25) is 0 Å². The van der Waals surface area contributed by atoms with E-state index in [1.807, 2.05) is 68.4 Å². The molecule has 0 aliphatic heterocycles. The molecule has 0 fully saturated rings. The number of para-hydroxylation sites is 1. The number of hydrogen-bond acceptors (Lipinski definition) is 4. The molecule has 3 aromatic carbocycles. The molecule has 0 spiro atoms. The normalized spacial score (nSPS) is 12.0. The highest BCUT2D eigenvalue weighted by Gasteiger charge is 2.33. The molecule has 1 atom stereocenters. The fraction of sp³-hybridized carbons (Fsp3) is 0.333. The van der Waals surface area contributed by atoms with Gasteiger partial charge in [-0.05, 0) is 36.6 Å². The molecule has 0 bridgehead atoms. The molecule has 0 radical (unpaired) electrons. The lowest BCUT2D eigenvalue weighted by Crippen LogP contribution is -2.53. The van der Waals surface area contributed by atoms with Crippen LogP contribution in [-0.2, 0) is 32.6 Å². The number of sulfonamides is 1. The predicted octanol–water partition coefficient (Wildman–Crippen LogP) is 4.46. The molecular formula is C30H36FN3O4S. The van der Waals surface area contributed by atoms with Crippen molar-refractivity contribution in [2.24, 2.45) is 0 Å². The predicted molar refractivity (Wildman–Crippen MR) is 152 cm³/mol. The maximum atomic E-state index is 14.7. The van der Waals surface area contributed by atoms with Gasteiger partial charge in [-0.2, -0.15) is 0 Å². The molecule has 7 nitrogen and oxygen atoms in total. The number of carbonyl (C=O) groups excluding carboxylic acids is 2. The van der Waals surface area contributed by atoms with Crippen molar-refractivity contribution >= 4 is 27.5 Å². The van der Waals surface area contributed by atoms with Crippen molar-refractivity contribution in [2.75, 3.05) is 23.7 Å². The van der Waals surface area contributed by atoms with E-state index in [1.165, 1.54) is 23.1 Å². The second kappa shape index (κ2) is 13.9. The van der Waals surface area contributed by atoms with Crippen molar-refractivity contribution < 1.29 is 22.4 Å². The van der Waals surface area contributed by atoms with E-state index >= 15 is 0 Å². The quantitative estimate of drug-likeness (QED) is 0.317. The molecule has 0 aliphatic rings. The van der Waals surface area contributed by atoms with Crippen LogP contribution >= 0.6 is 0 Å². The van der Waals surface area contributed by atoms with Gasteiger partial charge in [0.25, 0.3) is 0 Å². The van der Waals surface area contributed by atoms with Gasteiger partial charge in [-0.1, -0.05) is 85.6 Å². The third-order valence-corrected chi connectivity index (χ3v) is 7.46. The van der Waals surface area contributed by atoms with Gasteiger partial charge in [0.05, 0.1) is 11.9 Å². The van der Waals surface area contributed by atoms with Gasteiger partial charge in [0.2, 0.25) is 21.8 Å². The first-order valence-corrected chi connectivity index (χ1v) is 14.8. The molecule has 3 rings (SSSR count). The molecule has 39 heavy (non-hydrogen) atoms. The summed E-state index contributed by atoms with van der Waals surface area (Å²) in [4.78, 5) is 28.9. The Hall–Kier alpha value is -3.72. The van der Waals surface area contributed by atoms with Crippen LogP contribution in [0.4, 0.5) is 10.1 Å². The Labute approximate surface area is 230 Å². The summed E-state index contributed by atoms with van der Waals surface area (Å²) in [6.07, 6.45) is 2.83. The van der Waals surface area contributed by atoms with Gasteiger partial charge in [-0.25, -0.2) is 12.8 Å². The maximum Gasteiger partial charge on any atom is 0.244 e. The minimum atomic E-state index is -4.03. The third-order valence-electron chi connectivity index (χ3n) is 6.34. The van der Waals surface area contributed by atoms with Crippen molar-refractivity contribution in [3.8, 4) is 0 Å². The first-order valence-electron chi connectivity index (χ1n) is 13.0. The Morgan fingerprint density at radius 3 is 2.26 bits per heavy atom. The van der Waals surface area contributed by atoms with Gasteiger partial charge >= 0.3 is 0 Å². The smallest absolute Gasteiger partial charge is 0.244 e. The highest BCUT2D eigenvalue weighted by atomic mass is 32.2. The van der Waals surface area contributed by atoms with E-state index in [0.29, 0.717) is 6.54 Å². The van der Waals surface area contributed by atoms with Gasteiger partial charge in [-0.3, -0.25) is 13.9 Å². The Morgan fingerprint density at radius 2 is 1.62 bits per heavy atom. The summed E-state index contributed by atoms with van der Waals surface area (Å²) >= 11 is 0. The highest BCUT2D eigenvalue weighted by molar-refractivity contribution is 7.92. The number of carbonyl (C=O) groups is 2. The average molecular weight is 554 g/mol. The van der Waals surface area contributed by atoms with Gasteiger partial charge in [-0.15, -0.1) is 0 Å². The Kier molecular flexibility index (Phi) is 10.6. The summed E-state index contributed by atoms with van der Waals surface area (Å²) in [5.41, 5.74) is 2.40. The van der Waals surface area contributed by atoms with Crippen LogP contribution in [0.1, 0.15) is 36.5 Å². The molecule has 0 aromatic heterocycles. The first-order chi connectivity index (χ1) is 18.6.